The van der Waals surface area contributed by atoms with Crippen LogP contribution in [-0.4, -0.2) is 30.5 Å². The average molecular weight is 441 g/mol. The zero-order valence-corrected chi connectivity index (χ0v) is 18.2. The van der Waals surface area contributed by atoms with Crippen LogP contribution in [0, 0.1) is 0 Å². The number of ether oxygens (including phenoxy) is 1. The number of thiazole rings is 1. The second kappa shape index (κ2) is 8.64. The molecule has 0 spiro atoms. The molecule has 7 heteroatoms. The largest absolute Gasteiger partial charge is 0.482 e. The Morgan fingerprint density at radius 1 is 1.00 bits per heavy atom. The lowest BCUT2D eigenvalue weighted by molar-refractivity contribution is -0.118. The molecule has 2 heterocycles. The molecule has 4 aromatic rings. The Labute approximate surface area is 189 Å². The Morgan fingerprint density at radius 2 is 1.75 bits per heavy atom. The molecule has 1 N–H and O–H groups in total. The van der Waals surface area contributed by atoms with Gasteiger partial charge in [0.05, 0.1) is 17.6 Å². The summed E-state index contributed by atoms with van der Waals surface area (Å²) in [6, 6.07) is 24.3. The summed E-state index contributed by atoms with van der Waals surface area (Å²) in [7, 11) is 1.75. The molecule has 0 fully saturated rings. The van der Waals surface area contributed by atoms with E-state index in [0.717, 1.165) is 27.2 Å². The van der Waals surface area contributed by atoms with Gasteiger partial charge in [0, 0.05) is 18.0 Å². The van der Waals surface area contributed by atoms with Crippen LogP contribution in [0.2, 0.25) is 0 Å². The van der Waals surface area contributed by atoms with E-state index in [4.69, 9.17) is 9.84 Å². The number of nitrogens with zero attached hydrogens (tertiary/aromatic N) is 3. The molecule has 6 nitrogen and oxygen atoms in total. The minimum absolute atomic E-state index is 0.0387. The monoisotopic (exact) mass is 440 g/mol. The molecule has 3 aromatic carbocycles. The molecule has 0 saturated heterocycles. The number of nitrogens with one attached hydrogen (secondary N) is 1. The predicted molar refractivity (Wildman–Crippen MR) is 128 cm³/mol. The molecule has 0 atom stereocenters. The lowest BCUT2D eigenvalue weighted by Gasteiger charge is -2.18. The third-order valence-electron chi connectivity index (χ3n) is 5.12. The fourth-order valence-electron chi connectivity index (χ4n) is 3.52. The smallest absolute Gasteiger partial charge is 0.262 e. The van der Waals surface area contributed by atoms with Crippen LogP contribution in [0.5, 0.6) is 5.75 Å². The number of aromatic nitrogens is 1. The fourth-order valence-corrected chi connectivity index (χ4v) is 4.32. The van der Waals surface area contributed by atoms with Crippen molar-refractivity contribution >= 4 is 29.1 Å². The normalized spacial score (nSPS) is 13.7. The molecule has 158 valence electrons. The zero-order valence-electron chi connectivity index (χ0n) is 17.4. The molecular formula is C25H20N4O2S. The lowest BCUT2D eigenvalue weighted by atomic mass is 10.0. The maximum atomic E-state index is 11.7. The number of benzene rings is 3. The second-order valence-corrected chi connectivity index (χ2v) is 8.06. The maximum absolute atomic E-state index is 11.7. The van der Waals surface area contributed by atoms with E-state index in [0.29, 0.717) is 11.4 Å². The third kappa shape index (κ3) is 3.98. The van der Waals surface area contributed by atoms with Gasteiger partial charge in [0.1, 0.15) is 5.75 Å². The van der Waals surface area contributed by atoms with E-state index in [-0.39, 0.29) is 12.5 Å². The van der Waals surface area contributed by atoms with E-state index in [1.54, 1.807) is 7.05 Å². The number of hydrogen-bond acceptors (Lipinski definition) is 5. The quantitative estimate of drug-likeness (QED) is 0.470. The number of carbonyl (C=O) groups excluding carboxylic acids is 1. The highest BCUT2D eigenvalue weighted by Gasteiger charge is 2.17. The first-order valence-corrected chi connectivity index (χ1v) is 11.0. The van der Waals surface area contributed by atoms with Gasteiger partial charge in [-0.05, 0) is 34.9 Å². The lowest BCUT2D eigenvalue weighted by Crippen LogP contribution is -2.25. The fraction of sp³-hybridized carbons (Fsp3) is 0.0800. The molecule has 1 aliphatic rings. The molecule has 0 saturated carbocycles. The van der Waals surface area contributed by atoms with Crippen LogP contribution in [0.25, 0.3) is 22.4 Å². The van der Waals surface area contributed by atoms with Crippen LogP contribution in [0.1, 0.15) is 5.56 Å². The van der Waals surface area contributed by atoms with Crippen molar-refractivity contribution < 1.29 is 9.53 Å². The molecule has 1 aliphatic heterocycles. The number of hydrogen-bond donors (Lipinski definition) is 1. The summed E-state index contributed by atoms with van der Waals surface area (Å²) in [5.41, 5.74) is 5.79. The number of anilines is 1. The molecule has 0 radical (unpaired) electrons. The zero-order chi connectivity index (χ0) is 21.9. The Bertz CT molecular complexity index is 1370. The van der Waals surface area contributed by atoms with Gasteiger partial charge in [0.15, 0.2) is 6.61 Å². The van der Waals surface area contributed by atoms with E-state index < -0.39 is 0 Å². The first kappa shape index (κ1) is 20.0. The minimum Gasteiger partial charge on any atom is -0.482 e. The van der Waals surface area contributed by atoms with Crippen molar-refractivity contribution in [1.82, 2.24) is 4.68 Å². The van der Waals surface area contributed by atoms with Gasteiger partial charge in [-0.25, -0.2) is 4.68 Å². The van der Waals surface area contributed by atoms with Gasteiger partial charge in [0.2, 0.25) is 4.80 Å². The summed E-state index contributed by atoms with van der Waals surface area (Å²) in [5.74, 6) is 0.506. The Morgan fingerprint density at radius 3 is 2.53 bits per heavy atom. The topological polar surface area (TPSA) is 68.0 Å². The van der Waals surface area contributed by atoms with Gasteiger partial charge in [-0.2, -0.15) is 5.10 Å². The number of amides is 1. The SMILES string of the molecule is CN=c1scc(-c2ccc3c(c2)NC(=O)CO3)n1N=Cc1ccc(-c2ccccc2)cc1. The highest BCUT2D eigenvalue weighted by Crippen LogP contribution is 2.32. The van der Waals surface area contributed by atoms with Crippen molar-refractivity contribution in [3.8, 4) is 28.1 Å². The summed E-state index contributed by atoms with van der Waals surface area (Å²) in [5, 5.41) is 9.56. The first-order valence-electron chi connectivity index (χ1n) is 10.1. The highest BCUT2D eigenvalue weighted by atomic mass is 32.1. The molecule has 0 bridgehead atoms. The number of fused-ring (bicyclic) bond motifs is 1. The van der Waals surface area contributed by atoms with Gasteiger partial charge in [-0.1, -0.05) is 54.6 Å². The van der Waals surface area contributed by atoms with Gasteiger partial charge < -0.3 is 10.1 Å². The molecule has 0 aliphatic carbocycles. The number of rotatable bonds is 4. The molecule has 1 amide bonds. The summed E-state index contributed by atoms with van der Waals surface area (Å²) in [6.45, 7) is 0.0387. The van der Waals surface area contributed by atoms with Crippen molar-refractivity contribution in [1.29, 1.82) is 0 Å². The van der Waals surface area contributed by atoms with Crippen LogP contribution in [0.15, 0.2) is 88.3 Å². The van der Waals surface area contributed by atoms with E-state index in [1.807, 2.05) is 64.8 Å². The Kier molecular flexibility index (Phi) is 5.39. The second-order valence-electron chi connectivity index (χ2n) is 7.22. The third-order valence-corrected chi connectivity index (χ3v) is 6.03. The molecule has 1 aromatic heterocycles. The average Bonchev–Trinajstić information content (AvgIpc) is 3.26. The molecule has 5 rings (SSSR count). The summed E-state index contributed by atoms with van der Waals surface area (Å²) in [4.78, 5) is 16.8. The summed E-state index contributed by atoms with van der Waals surface area (Å²) >= 11 is 1.51. The molecular weight excluding hydrogens is 420 g/mol. The van der Waals surface area contributed by atoms with Crippen LogP contribution < -0.4 is 14.9 Å². The number of carbonyl (C=O) groups is 1. The van der Waals surface area contributed by atoms with Crippen molar-refractivity contribution in [2.75, 3.05) is 19.0 Å². The summed E-state index contributed by atoms with van der Waals surface area (Å²) < 4.78 is 7.27. The van der Waals surface area contributed by atoms with Crippen molar-refractivity contribution in [3.63, 3.8) is 0 Å². The standard InChI is InChI=1S/C25H20N4O2S/c1-26-25-29(27-14-17-7-9-19(10-8-17)18-5-3-2-4-6-18)22(16-32-25)20-11-12-23-21(13-20)28-24(30)15-31-23/h2-14,16H,15H2,1H3,(H,28,30). The van der Waals surface area contributed by atoms with E-state index in [9.17, 15) is 4.79 Å². The Balaban J connectivity index is 1.46. The van der Waals surface area contributed by atoms with Gasteiger partial charge in [0.25, 0.3) is 5.91 Å². The van der Waals surface area contributed by atoms with Crippen molar-refractivity contribution in [2.24, 2.45) is 10.1 Å². The molecule has 32 heavy (non-hydrogen) atoms. The minimum atomic E-state index is -0.158. The van der Waals surface area contributed by atoms with Crippen LogP contribution in [-0.2, 0) is 4.79 Å². The van der Waals surface area contributed by atoms with Gasteiger partial charge in [-0.15, -0.1) is 11.3 Å². The predicted octanol–water partition coefficient (Wildman–Crippen LogP) is 4.63. The van der Waals surface area contributed by atoms with E-state index >= 15 is 0 Å². The van der Waals surface area contributed by atoms with Crippen molar-refractivity contribution in [2.45, 2.75) is 0 Å². The van der Waals surface area contributed by atoms with Crippen molar-refractivity contribution in [3.05, 3.63) is 88.5 Å². The van der Waals surface area contributed by atoms with Crippen LogP contribution >= 0.6 is 11.3 Å². The van der Waals surface area contributed by atoms with Crippen LogP contribution in [0.4, 0.5) is 5.69 Å². The van der Waals surface area contributed by atoms with Crippen LogP contribution in [0.3, 0.4) is 0 Å². The van der Waals surface area contributed by atoms with E-state index in [2.05, 4.69) is 34.6 Å². The first-order chi connectivity index (χ1) is 15.7. The Hall–Kier alpha value is -3.97. The summed E-state index contributed by atoms with van der Waals surface area (Å²) in [6.07, 6.45) is 1.82. The van der Waals surface area contributed by atoms with Gasteiger partial charge in [-0.3, -0.25) is 9.79 Å². The van der Waals surface area contributed by atoms with Gasteiger partial charge >= 0.3 is 0 Å². The maximum Gasteiger partial charge on any atom is 0.262 e. The van der Waals surface area contributed by atoms with E-state index in [1.165, 1.54) is 16.9 Å². The highest BCUT2D eigenvalue weighted by molar-refractivity contribution is 7.07. The molecule has 0 unspecified atom stereocenters.